The predicted octanol–water partition coefficient (Wildman–Crippen LogP) is 3.42. The zero-order valence-electron chi connectivity index (χ0n) is 10.8. The molecule has 18 heavy (non-hydrogen) atoms. The standard InChI is InChI=1S/C17H19N/c1-13-6-2-3-8-15(13)12-17-16-9-5-4-7-14(16)10-11-18-17/h2-9,17-18H,10-12H2,1H3/t17-/m0/s1. The minimum absolute atomic E-state index is 0.469. The summed E-state index contributed by atoms with van der Waals surface area (Å²) in [7, 11) is 0. The average Bonchev–Trinajstić information content (AvgIpc) is 2.42. The molecule has 0 aromatic heterocycles. The Morgan fingerprint density at radius 3 is 2.72 bits per heavy atom. The van der Waals surface area contributed by atoms with Gasteiger partial charge in [-0.1, -0.05) is 48.5 Å². The van der Waals surface area contributed by atoms with E-state index in [9.17, 15) is 0 Å². The molecule has 0 bridgehead atoms. The second-order valence-corrected chi connectivity index (χ2v) is 5.09. The summed E-state index contributed by atoms with van der Waals surface area (Å²) in [6.45, 7) is 3.29. The number of nitrogens with one attached hydrogen (secondary N) is 1. The summed E-state index contributed by atoms with van der Waals surface area (Å²) < 4.78 is 0. The molecule has 2 aromatic rings. The highest BCUT2D eigenvalue weighted by Crippen LogP contribution is 2.26. The third-order valence-corrected chi connectivity index (χ3v) is 3.90. The van der Waals surface area contributed by atoms with Crippen molar-refractivity contribution in [2.75, 3.05) is 6.54 Å². The van der Waals surface area contributed by atoms with Crippen LogP contribution in [0.2, 0.25) is 0 Å². The quantitative estimate of drug-likeness (QED) is 0.844. The van der Waals surface area contributed by atoms with E-state index in [2.05, 4.69) is 60.8 Å². The van der Waals surface area contributed by atoms with Crippen LogP contribution in [0.15, 0.2) is 48.5 Å². The molecule has 1 atom stereocenters. The maximum atomic E-state index is 3.65. The van der Waals surface area contributed by atoms with Crippen LogP contribution in [0.25, 0.3) is 0 Å². The van der Waals surface area contributed by atoms with Gasteiger partial charge in [-0.3, -0.25) is 0 Å². The Kier molecular flexibility index (Phi) is 3.16. The zero-order chi connectivity index (χ0) is 12.4. The van der Waals surface area contributed by atoms with Crippen LogP contribution in [0.3, 0.4) is 0 Å². The highest BCUT2D eigenvalue weighted by atomic mass is 14.9. The summed E-state index contributed by atoms with van der Waals surface area (Å²) in [6.07, 6.45) is 2.24. The van der Waals surface area contributed by atoms with Crippen molar-refractivity contribution in [1.82, 2.24) is 5.32 Å². The largest absolute Gasteiger partial charge is 0.309 e. The predicted molar refractivity (Wildman–Crippen MR) is 75.8 cm³/mol. The molecule has 0 unspecified atom stereocenters. The maximum Gasteiger partial charge on any atom is 0.0363 e. The lowest BCUT2D eigenvalue weighted by molar-refractivity contribution is 0.502. The molecule has 1 heterocycles. The van der Waals surface area contributed by atoms with Gasteiger partial charge in [0.15, 0.2) is 0 Å². The average molecular weight is 237 g/mol. The van der Waals surface area contributed by atoms with Crippen molar-refractivity contribution in [1.29, 1.82) is 0 Å². The van der Waals surface area contributed by atoms with Crippen molar-refractivity contribution >= 4 is 0 Å². The van der Waals surface area contributed by atoms with E-state index in [-0.39, 0.29) is 0 Å². The molecule has 0 fully saturated rings. The summed E-state index contributed by atoms with van der Waals surface area (Å²) >= 11 is 0. The second kappa shape index (κ2) is 4.95. The van der Waals surface area contributed by atoms with Crippen molar-refractivity contribution in [3.63, 3.8) is 0 Å². The molecule has 0 radical (unpaired) electrons. The fourth-order valence-electron chi connectivity index (χ4n) is 2.83. The van der Waals surface area contributed by atoms with Gasteiger partial charge in [-0.15, -0.1) is 0 Å². The highest BCUT2D eigenvalue weighted by molar-refractivity contribution is 5.35. The number of rotatable bonds is 2. The van der Waals surface area contributed by atoms with Crippen molar-refractivity contribution < 1.29 is 0 Å². The Labute approximate surface area is 109 Å². The van der Waals surface area contributed by atoms with E-state index in [1.807, 2.05) is 0 Å². The van der Waals surface area contributed by atoms with Crippen LogP contribution in [0.1, 0.15) is 28.3 Å². The first kappa shape index (κ1) is 11.5. The van der Waals surface area contributed by atoms with Crippen LogP contribution in [0.5, 0.6) is 0 Å². The van der Waals surface area contributed by atoms with E-state index < -0.39 is 0 Å². The zero-order valence-corrected chi connectivity index (χ0v) is 10.8. The number of hydrogen-bond acceptors (Lipinski definition) is 1. The van der Waals surface area contributed by atoms with Gasteiger partial charge in [-0.2, -0.15) is 0 Å². The Morgan fingerprint density at radius 2 is 1.83 bits per heavy atom. The smallest absolute Gasteiger partial charge is 0.0363 e. The van der Waals surface area contributed by atoms with Crippen LogP contribution in [-0.4, -0.2) is 6.54 Å². The molecule has 1 heteroatoms. The summed E-state index contributed by atoms with van der Waals surface area (Å²) in [4.78, 5) is 0. The molecule has 0 aliphatic carbocycles. The van der Waals surface area contributed by atoms with Crippen molar-refractivity contribution in [2.45, 2.75) is 25.8 Å². The van der Waals surface area contributed by atoms with Gasteiger partial charge < -0.3 is 5.32 Å². The Bertz CT molecular complexity index is 545. The van der Waals surface area contributed by atoms with Crippen LogP contribution >= 0.6 is 0 Å². The first-order valence-corrected chi connectivity index (χ1v) is 6.70. The monoisotopic (exact) mass is 237 g/mol. The molecule has 3 rings (SSSR count). The Morgan fingerprint density at radius 1 is 1.06 bits per heavy atom. The van der Waals surface area contributed by atoms with Gasteiger partial charge in [0.1, 0.15) is 0 Å². The van der Waals surface area contributed by atoms with E-state index in [1.54, 1.807) is 0 Å². The maximum absolute atomic E-state index is 3.65. The van der Waals surface area contributed by atoms with Gasteiger partial charge in [0.25, 0.3) is 0 Å². The highest BCUT2D eigenvalue weighted by Gasteiger charge is 2.19. The first-order chi connectivity index (χ1) is 8.84. The van der Waals surface area contributed by atoms with Crippen LogP contribution in [0, 0.1) is 6.92 Å². The molecule has 2 aromatic carbocycles. The number of benzene rings is 2. The molecular formula is C17H19N. The lowest BCUT2D eigenvalue weighted by Gasteiger charge is -2.27. The van der Waals surface area contributed by atoms with Crippen LogP contribution in [-0.2, 0) is 12.8 Å². The van der Waals surface area contributed by atoms with Gasteiger partial charge in [0, 0.05) is 6.04 Å². The molecule has 0 saturated heterocycles. The third kappa shape index (κ3) is 2.19. The summed E-state index contributed by atoms with van der Waals surface area (Å²) in [5.74, 6) is 0. The summed E-state index contributed by atoms with van der Waals surface area (Å²) in [5, 5.41) is 3.65. The van der Waals surface area contributed by atoms with E-state index in [4.69, 9.17) is 0 Å². The normalized spacial score (nSPS) is 18.4. The third-order valence-electron chi connectivity index (χ3n) is 3.90. The van der Waals surface area contributed by atoms with Gasteiger partial charge in [-0.05, 0) is 48.6 Å². The van der Waals surface area contributed by atoms with Crippen LogP contribution < -0.4 is 5.32 Å². The first-order valence-electron chi connectivity index (χ1n) is 6.70. The number of aryl methyl sites for hydroxylation is 1. The van der Waals surface area contributed by atoms with Gasteiger partial charge in [0.2, 0.25) is 0 Å². The Hall–Kier alpha value is -1.60. The molecule has 1 aliphatic heterocycles. The molecule has 1 nitrogen and oxygen atoms in total. The number of fused-ring (bicyclic) bond motifs is 1. The van der Waals surface area contributed by atoms with Gasteiger partial charge in [-0.25, -0.2) is 0 Å². The second-order valence-electron chi connectivity index (χ2n) is 5.09. The van der Waals surface area contributed by atoms with Gasteiger partial charge >= 0.3 is 0 Å². The topological polar surface area (TPSA) is 12.0 Å². The van der Waals surface area contributed by atoms with Gasteiger partial charge in [0.05, 0.1) is 0 Å². The van der Waals surface area contributed by atoms with Crippen LogP contribution in [0.4, 0.5) is 0 Å². The molecule has 92 valence electrons. The molecule has 0 spiro atoms. The molecule has 1 N–H and O–H groups in total. The summed E-state index contributed by atoms with van der Waals surface area (Å²) in [6, 6.07) is 18.0. The lowest BCUT2D eigenvalue weighted by Crippen LogP contribution is -2.31. The molecule has 0 amide bonds. The number of hydrogen-bond donors (Lipinski definition) is 1. The lowest BCUT2D eigenvalue weighted by atomic mass is 9.89. The molecular weight excluding hydrogens is 218 g/mol. The molecule has 1 aliphatic rings. The fraction of sp³-hybridized carbons (Fsp3) is 0.294. The summed E-state index contributed by atoms with van der Waals surface area (Å²) in [5.41, 5.74) is 5.83. The van der Waals surface area contributed by atoms with E-state index >= 15 is 0 Å². The van der Waals surface area contributed by atoms with Crippen molar-refractivity contribution in [2.24, 2.45) is 0 Å². The fourth-order valence-corrected chi connectivity index (χ4v) is 2.83. The van der Waals surface area contributed by atoms with E-state index in [0.717, 1.165) is 19.4 Å². The van der Waals surface area contributed by atoms with E-state index in [1.165, 1.54) is 22.3 Å². The minimum atomic E-state index is 0.469. The van der Waals surface area contributed by atoms with Crippen molar-refractivity contribution in [3.8, 4) is 0 Å². The molecule has 0 saturated carbocycles. The minimum Gasteiger partial charge on any atom is -0.309 e. The van der Waals surface area contributed by atoms with E-state index in [0.29, 0.717) is 6.04 Å². The SMILES string of the molecule is Cc1ccccc1C[C@@H]1NCCc2ccccc21. The Balaban J connectivity index is 1.89. The van der Waals surface area contributed by atoms with Crippen molar-refractivity contribution in [3.05, 3.63) is 70.8 Å².